The van der Waals surface area contributed by atoms with Crippen molar-refractivity contribution in [2.45, 2.75) is 20.0 Å². The number of hydrogen-bond donors (Lipinski definition) is 1. The lowest BCUT2D eigenvalue weighted by Crippen LogP contribution is -2.05. The molecule has 0 spiro atoms. The summed E-state index contributed by atoms with van der Waals surface area (Å²) in [6.07, 6.45) is 0.0807. The molecule has 0 aliphatic heterocycles. The lowest BCUT2D eigenvalue weighted by Gasteiger charge is -2.10. The van der Waals surface area contributed by atoms with E-state index < -0.39 is 0 Å². The molecule has 1 N–H and O–H groups in total. The molecule has 1 rings (SSSR count). The van der Waals surface area contributed by atoms with E-state index in [0.717, 1.165) is 0 Å². The summed E-state index contributed by atoms with van der Waals surface area (Å²) in [5.41, 5.74) is 0.295. The number of nitriles is 3. The number of hydrogen-bond acceptors (Lipinski definition) is 5. The summed E-state index contributed by atoms with van der Waals surface area (Å²) in [7, 11) is 0. The predicted molar refractivity (Wildman–Crippen MR) is 69.7 cm³/mol. The minimum absolute atomic E-state index is 0.0671. The van der Waals surface area contributed by atoms with E-state index in [2.05, 4.69) is 5.32 Å². The molecule has 0 aliphatic rings. The van der Waals surface area contributed by atoms with Crippen molar-refractivity contribution in [2.24, 2.45) is 0 Å². The summed E-state index contributed by atoms with van der Waals surface area (Å²) in [5.74, 6) is 0.712. The molecule has 0 radical (unpaired) electrons. The normalized spacial score (nSPS) is 8.84. The molecule has 0 atom stereocenters. The number of nitrogens with one attached hydrogen (secondary N) is 1. The molecule has 0 bridgehead atoms. The number of allylic oxidation sites excluding steroid dienone is 2. The van der Waals surface area contributed by atoms with Crippen molar-refractivity contribution in [1.82, 2.24) is 0 Å². The van der Waals surface area contributed by atoms with Gasteiger partial charge in [0.2, 0.25) is 0 Å². The molecule has 5 heteroatoms. The minimum Gasteiger partial charge on any atom is -0.491 e. The van der Waals surface area contributed by atoms with Gasteiger partial charge in [0.1, 0.15) is 29.7 Å². The molecule has 0 saturated carbocycles. The van der Waals surface area contributed by atoms with Gasteiger partial charge in [-0.3, -0.25) is 0 Å². The fourth-order valence-corrected chi connectivity index (χ4v) is 1.32. The third-order valence-corrected chi connectivity index (χ3v) is 2.08. The molecular formula is C14H12N4O. The van der Waals surface area contributed by atoms with E-state index in [-0.39, 0.29) is 17.4 Å². The molecule has 0 unspecified atom stereocenters. The summed E-state index contributed by atoms with van der Waals surface area (Å²) in [6.45, 7) is 3.85. The highest BCUT2D eigenvalue weighted by molar-refractivity contribution is 5.58. The van der Waals surface area contributed by atoms with Crippen LogP contribution in [0.4, 0.5) is 5.69 Å². The fourth-order valence-electron chi connectivity index (χ4n) is 1.32. The highest BCUT2D eigenvalue weighted by atomic mass is 16.5. The number of rotatable bonds is 4. The smallest absolute Gasteiger partial charge is 0.163 e. The van der Waals surface area contributed by atoms with Gasteiger partial charge >= 0.3 is 0 Å². The van der Waals surface area contributed by atoms with Gasteiger partial charge in [0.25, 0.3) is 0 Å². The van der Waals surface area contributed by atoms with Crippen LogP contribution >= 0.6 is 0 Å². The second kappa shape index (κ2) is 6.69. The van der Waals surface area contributed by atoms with Gasteiger partial charge in [-0.2, -0.15) is 15.8 Å². The highest BCUT2D eigenvalue weighted by Gasteiger charge is 2.06. The Morgan fingerprint density at radius 3 is 2.05 bits per heavy atom. The maximum absolute atomic E-state index is 8.90. The van der Waals surface area contributed by atoms with E-state index in [1.165, 1.54) is 0 Å². The average Bonchev–Trinajstić information content (AvgIpc) is 2.40. The third-order valence-electron chi connectivity index (χ3n) is 2.08. The van der Waals surface area contributed by atoms with Gasteiger partial charge in [-0.05, 0) is 38.1 Å². The second-order valence-corrected chi connectivity index (χ2v) is 3.90. The molecule has 94 valence electrons. The van der Waals surface area contributed by atoms with Crippen LogP contribution in [0.1, 0.15) is 13.8 Å². The molecule has 0 amide bonds. The van der Waals surface area contributed by atoms with Crippen LogP contribution in [0.25, 0.3) is 0 Å². The Balaban J connectivity index is 2.90. The molecule has 19 heavy (non-hydrogen) atoms. The van der Waals surface area contributed by atoms with Crippen LogP contribution in [0.15, 0.2) is 35.5 Å². The van der Waals surface area contributed by atoms with E-state index in [1.807, 2.05) is 13.8 Å². The lowest BCUT2D eigenvalue weighted by molar-refractivity contribution is 0.242. The lowest BCUT2D eigenvalue weighted by atomic mass is 10.2. The van der Waals surface area contributed by atoms with Crippen LogP contribution in [0.5, 0.6) is 5.75 Å². The Kier molecular flexibility index (Phi) is 4.96. The first-order valence-electron chi connectivity index (χ1n) is 5.59. The Labute approximate surface area is 112 Å². The Morgan fingerprint density at radius 1 is 1.05 bits per heavy atom. The maximum Gasteiger partial charge on any atom is 0.163 e. The molecule has 1 aromatic rings. The standard InChI is InChI=1S/C14H12N4O/c1-10(2)19-13-5-3-12(4-6-13)18-14(9-17)11(7-15)8-16/h3-6,10,18H,1-2H3. The summed E-state index contributed by atoms with van der Waals surface area (Å²) < 4.78 is 5.48. The number of ether oxygens (including phenoxy) is 1. The van der Waals surface area contributed by atoms with Gasteiger partial charge in [-0.15, -0.1) is 0 Å². The topological polar surface area (TPSA) is 92.6 Å². The Hall–Kier alpha value is -2.97. The maximum atomic E-state index is 8.90. The van der Waals surface area contributed by atoms with Crippen LogP contribution < -0.4 is 10.1 Å². The van der Waals surface area contributed by atoms with E-state index in [9.17, 15) is 0 Å². The van der Waals surface area contributed by atoms with Gasteiger partial charge in [0.15, 0.2) is 5.57 Å². The molecule has 0 fully saturated rings. The first kappa shape index (κ1) is 14.1. The number of anilines is 1. The third kappa shape index (κ3) is 4.07. The van der Waals surface area contributed by atoms with Crippen LogP contribution in [0, 0.1) is 34.0 Å². The molecular weight excluding hydrogens is 240 g/mol. The largest absolute Gasteiger partial charge is 0.491 e. The highest BCUT2D eigenvalue weighted by Crippen LogP contribution is 2.18. The molecule has 0 aliphatic carbocycles. The Bertz CT molecular complexity index is 578. The van der Waals surface area contributed by atoms with Crippen molar-refractivity contribution in [3.8, 4) is 24.0 Å². The predicted octanol–water partition coefficient (Wildman–Crippen LogP) is 2.71. The van der Waals surface area contributed by atoms with E-state index in [0.29, 0.717) is 11.4 Å². The van der Waals surface area contributed by atoms with Crippen LogP contribution in [0.3, 0.4) is 0 Å². The first-order valence-corrected chi connectivity index (χ1v) is 5.59. The summed E-state index contributed by atoms with van der Waals surface area (Å²) >= 11 is 0. The minimum atomic E-state index is -0.245. The van der Waals surface area contributed by atoms with Crippen LogP contribution in [-0.2, 0) is 0 Å². The molecule has 0 saturated heterocycles. The number of nitrogens with zero attached hydrogens (tertiary/aromatic N) is 3. The monoisotopic (exact) mass is 252 g/mol. The summed E-state index contributed by atoms with van der Waals surface area (Å²) in [4.78, 5) is 0. The van der Waals surface area contributed by atoms with Crippen LogP contribution in [-0.4, -0.2) is 6.10 Å². The number of benzene rings is 1. The van der Waals surface area contributed by atoms with Crippen molar-refractivity contribution in [3.05, 3.63) is 35.5 Å². The SMILES string of the molecule is CC(C)Oc1ccc(NC(C#N)=C(C#N)C#N)cc1. The summed E-state index contributed by atoms with van der Waals surface area (Å²) in [6, 6.07) is 12.0. The van der Waals surface area contributed by atoms with E-state index in [4.69, 9.17) is 20.5 Å². The Morgan fingerprint density at radius 2 is 1.63 bits per heavy atom. The fraction of sp³-hybridized carbons (Fsp3) is 0.214. The second-order valence-electron chi connectivity index (χ2n) is 3.90. The van der Waals surface area contributed by atoms with Gasteiger partial charge in [-0.25, -0.2) is 0 Å². The van der Waals surface area contributed by atoms with Gasteiger partial charge in [-0.1, -0.05) is 0 Å². The molecule has 5 nitrogen and oxygen atoms in total. The van der Waals surface area contributed by atoms with Gasteiger partial charge in [0, 0.05) is 5.69 Å². The van der Waals surface area contributed by atoms with Crippen molar-refractivity contribution >= 4 is 5.69 Å². The zero-order chi connectivity index (χ0) is 14.3. The van der Waals surface area contributed by atoms with Crippen molar-refractivity contribution < 1.29 is 4.74 Å². The zero-order valence-corrected chi connectivity index (χ0v) is 10.6. The zero-order valence-electron chi connectivity index (χ0n) is 10.6. The van der Waals surface area contributed by atoms with E-state index >= 15 is 0 Å². The van der Waals surface area contributed by atoms with Gasteiger partial charge in [0.05, 0.1) is 6.10 Å². The average molecular weight is 252 g/mol. The molecule has 0 heterocycles. The van der Waals surface area contributed by atoms with Crippen molar-refractivity contribution in [1.29, 1.82) is 15.8 Å². The molecule has 0 aromatic heterocycles. The first-order chi connectivity index (χ1) is 9.10. The van der Waals surface area contributed by atoms with Crippen molar-refractivity contribution in [3.63, 3.8) is 0 Å². The van der Waals surface area contributed by atoms with Crippen molar-refractivity contribution in [2.75, 3.05) is 5.32 Å². The molecule has 1 aromatic carbocycles. The van der Waals surface area contributed by atoms with Crippen LogP contribution in [0.2, 0.25) is 0 Å². The van der Waals surface area contributed by atoms with E-state index in [1.54, 1.807) is 42.5 Å². The summed E-state index contributed by atoms with van der Waals surface area (Å²) in [5, 5.41) is 29.0. The quantitative estimate of drug-likeness (QED) is 0.831. The van der Waals surface area contributed by atoms with Gasteiger partial charge < -0.3 is 10.1 Å².